The Morgan fingerprint density at radius 3 is 3.08 bits per heavy atom. The molecule has 4 rings (SSSR count). The summed E-state index contributed by atoms with van der Waals surface area (Å²) < 4.78 is 11.1. The minimum absolute atomic E-state index is 0.0201. The van der Waals surface area contributed by atoms with E-state index in [4.69, 9.17) is 9.15 Å². The second-order valence-corrected chi connectivity index (χ2v) is 7.61. The van der Waals surface area contributed by atoms with Gasteiger partial charge in [0.1, 0.15) is 11.9 Å². The first-order valence-corrected chi connectivity index (χ1v) is 9.62. The van der Waals surface area contributed by atoms with Crippen molar-refractivity contribution in [2.45, 2.75) is 69.2 Å². The van der Waals surface area contributed by atoms with Crippen molar-refractivity contribution >= 4 is 6.03 Å². The van der Waals surface area contributed by atoms with Crippen LogP contribution in [0.1, 0.15) is 56.8 Å². The van der Waals surface area contributed by atoms with Crippen LogP contribution in [-0.2, 0) is 4.74 Å². The van der Waals surface area contributed by atoms with Gasteiger partial charge < -0.3 is 24.5 Å². The molecule has 2 aliphatic heterocycles. The van der Waals surface area contributed by atoms with Gasteiger partial charge >= 0.3 is 6.03 Å². The number of nitrogens with one attached hydrogen (secondary N) is 1. The van der Waals surface area contributed by atoms with Gasteiger partial charge in [-0.3, -0.25) is 0 Å². The zero-order valence-electron chi connectivity index (χ0n) is 14.6. The van der Waals surface area contributed by atoms with Crippen molar-refractivity contribution in [1.82, 2.24) is 10.2 Å². The van der Waals surface area contributed by atoms with E-state index in [0.29, 0.717) is 24.2 Å². The van der Waals surface area contributed by atoms with Gasteiger partial charge in [0.05, 0.1) is 12.4 Å². The monoisotopic (exact) mass is 348 g/mol. The van der Waals surface area contributed by atoms with Crippen LogP contribution in [0.5, 0.6) is 0 Å². The molecular weight excluding hydrogens is 320 g/mol. The van der Waals surface area contributed by atoms with Crippen LogP contribution in [-0.4, -0.2) is 47.4 Å². The number of ether oxygens (including phenoxy) is 1. The van der Waals surface area contributed by atoms with E-state index in [0.717, 1.165) is 51.7 Å². The number of aliphatic hydroxyl groups is 1. The normalized spacial score (nSPS) is 33.2. The summed E-state index contributed by atoms with van der Waals surface area (Å²) in [6.45, 7) is 1.59. The molecule has 6 heteroatoms. The molecule has 0 spiro atoms. The molecule has 2 saturated heterocycles. The first kappa shape index (κ1) is 16.9. The molecule has 3 heterocycles. The first-order valence-electron chi connectivity index (χ1n) is 9.62. The van der Waals surface area contributed by atoms with Crippen LogP contribution in [0.4, 0.5) is 4.79 Å². The largest absolute Gasteiger partial charge is 0.467 e. The first-order chi connectivity index (χ1) is 12.2. The molecule has 6 nitrogen and oxygen atoms in total. The molecule has 2 N–H and O–H groups in total. The van der Waals surface area contributed by atoms with Gasteiger partial charge in [-0.2, -0.15) is 0 Å². The Balaban J connectivity index is 1.35. The van der Waals surface area contributed by atoms with Gasteiger partial charge in [0, 0.05) is 37.6 Å². The van der Waals surface area contributed by atoms with Gasteiger partial charge in [-0.25, -0.2) is 4.79 Å². The lowest BCUT2D eigenvalue weighted by Gasteiger charge is -2.35. The van der Waals surface area contributed by atoms with Crippen LogP contribution in [0.3, 0.4) is 0 Å². The Hall–Kier alpha value is -1.53. The van der Waals surface area contributed by atoms with Crippen molar-refractivity contribution in [3.05, 3.63) is 24.2 Å². The predicted molar refractivity (Wildman–Crippen MR) is 92.0 cm³/mol. The minimum atomic E-state index is -0.657. The summed E-state index contributed by atoms with van der Waals surface area (Å²) in [7, 11) is 0. The predicted octanol–water partition coefficient (Wildman–Crippen LogP) is 2.83. The maximum Gasteiger partial charge on any atom is 0.317 e. The second kappa shape index (κ2) is 7.38. The number of amides is 2. The lowest BCUT2D eigenvalue weighted by molar-refractivity contribution is 0.0531. The van der Waals surface area contributed by atoms with Crippen LogP contribution in [0.2, 0.25) is 0 Å². The highest BCUT2D eigenvalue weighted by Crippen LogP contribution is 2.35. The summed E-state index contributed by atoms with van der Waals surface area (Å²) in [6.07, 6.45) is 8.03. The van der Waals surface area contributed by atoms with Gasteiger partial charge in [-0.1, -0.05) is 0 Å². The standard InChI is InChI=1S/C19H28N2O4/c22-16(18-7-3-10-24-18)12-13-4-2-9-21(13)19(23)20-15-5-1-6-17-14(15)8-11-25-17/h3,7,10,13-17,22H,1-2,4-6,8-9,11-12H2,(H,20,23). The van der Waals surface area contributed by atoms with Gasteiger partial charge in [0.15, 0.2) is 0 Å². The van der Waals surface area contributed by atoms with Gasteiger partial charge in [0.2, 0.25) is 0 Å². The van der Waals surface area contributed by atoms with Crippen molar-refractivity contribution in [3.8, 4) is 0 Å². The molecule has 3 aliphatic rings. The van der Waals surface area contributed by atoms with E-state index in [1.165, 1.54) is 0 Å². The van der Waals surface area contributed by atoms with E-state index in [1.54, 1.807) is 18.4 Å². The number of fused-ring (bicyclic) bond motifs is 1. The molecule has 5 atom stereocenters. The Kier molecular flexibility index (Phi) is 4.99. The van der Waals surface area contributed by atoms with Crippen LogP contribution >= 0.6 is 0 Å². The number of hydrogen-bond acceptors (Lipinski definition) is 4. The molecular formula is C19H28N2O4. The van der Waals surface area contributed by atoms with Crippen LogP contribution in [0.15, 0.2) is 22.8 Å². The van der Waals surface area contributed by atoms with E-state index in [1.807, 2.05) is 4.90 Å². The Bertz CT molecular complexity index is 576. The summed E-state index contributed by atoms with van der Waals surface area (Å²) in [5.41, 5.74) is 0. The number of aliphatic hydroxyl groups excluding tert-OH is 1. The van der Waals surface area contributed by atoms with E-state index in [2.05, 4.69) is 5.32 Å². The average molecular weight is 348 g/mol. The molecule has 0 aromatic carbocycles. The summed E-state index contributed by atoms with van der Waals surface area (Å²) >= 11 is 0. The van der Waals surface area contributed by atoms with Gasteiger partial charge in [-0.05, 0) is 50.7 Å². The zero-order chi connectivity index (χ0) is 17.2. The lowest BCUT2D eigenvalue weighted by Crippen LogP contribution is -2.51. The van der Waals surface area contributed by atoms with Crippen LogP contribution in [0, 0.1) is 5.92 Å². The molecule has 5 unspecified atom stereocenters. The molecule has 1 aromatic heterocycles. The van der Waals surface area contributed by atoms with Crippen molar-refractivity contribution in [3.63, 3.8) is 0 Å². The Morgan fingerprint density at radius 2 is 2.24 bits per heavy atom. The molecule has 138 valence electrons. The number of furan rings is 1. The maximum absolute atomic E-state index is 12.8. The smallest absolute Gasteiger partial charge is 0.317 e. The fourth-order valence-electron chi connectivity index (χ4n) is 4.80. The summed E-state index contributed by atoms with van der Waals surface area (Å²) in [4.78, 5) is 14.8. The molecule has 1 aromatic rings. The molecule has 25 heavy (non-hydrogen) atoms. The number of hydrogen-bond donors (Lipinski definition) is 2. The SMILES string of the molecule is O=C(NC1CCCC2OCCC12)N1CCCC1CC(O)c1ccco1. The minimum Gasteiger partial charge on any atom is -0.467 e. The average Bonchev–Trinajstić information content (AvgIpc) is 3.36. The number of likely N-dealkylation sites (tertiary alicyclic amines) is 1. The van der Waals surface area contributed by atoms with Crippen molar-refractivity contribution in [1.29, 1.82) is 0 Å². The summed E-state index contributed by atoms with van der Waals surface area (Å²) in [5.74, 6) is 1.04. The van der Waals surface area contributed by atoms with E-state index >= 15 is 0 Å². The molecule has 0 radical (unpaired) electrons. The van der Waals surface area contributed by atoms with Crippen molar-refractivity contribution < 1.29 is 19.1 Å². The summed E-state index contributed by atoms with van der Waals surface area (Å²) in [5, 5.41) is 13.6. The quantitative estimate of drug-likeness (QED) is 0.877. The van der Waals surface area contributed by atoms with E-state index < -0.39 is 6.10 Å². The van der Waals surface area contributed by atoms with Gasteiger partial charge in [-0.15, -0.1) is 0 Å². The van der Waals surface area contributed by atoms with Gasteiger partial charge in [0.25, 0.3) is 0 Å². The van der Waals surface area contributed by atoms with Crippen molar-refractivity contribution in [2.24, 2.45) is 5.92 Å². The number of nitrogens with zero attached hydrogens (tertiary/aromatic N) is 1. The highest BCUT2D eigenvalue weighted by molar-refractivity contribution is 5.75. The Labute approximate surface area is 148 Å². The van der Waals surface area contributed by atoms with Crippen LogP contribution in [0.25, 0.3) is 0 Å². The lowest BCUT2D eigenvalue weighted by atomic mass is 9.82. The second-order valence-electron chi connectivity index (χ2n) is 7.61. The van der Waals surface area contributed by atoms with Crippen molar-refractivity contribution in [2.75, 3.05) is 13.2 Å². The molecule has 1 saturated carbocycles. The van der Waals surface area contributed by atoms with Crippen LogP contribution < -0.4 is 5.32 Å². The fourth-order valence-corrected chi connectivity index (χ4v) is 4.80. The topological polar surface area (TPSA) is 74.9 Å². The third kappa shape index (κ3) is 3.55. The number of urea groups is 1. The van der Waals surface area contributed by atoms with E-state index in [-0.39, 0.29) is 18.1 Å². The zero-order valence-corrected chi connectivity index (χ0v) is 14.6. The maximum atomic E-state index is 12.8. The Morgan fingerprint density at radius 1 is 1.32 bits per heavy atom. The third-order valence-corrected chi connectivity index (χ3v) is 6.10. The number of rotatable bonds is 4. The molecule has 3 fully saturated rings. The summed E-state index contributed by atoms with van der Waals surface area (Å²) in [6, 6.07) is 3.88. The molecule has 2 amide bonds. The number of carbonyl (C=O) groups is 1. The molecule has 1 aliphatic carbocycles. The van der Waals surface area contributed by atoms with E-state index in [9.17, 15) is 9.90 Å². The third-order valence-electron chi connectivity index (χ3n) is 6.10. The highest BCUT2D eigenvalue weighted by Gasteiger charge is 2.40. The highest BCUT2D eigenvalue weighted by atomic mass is 16.5. The molecule has 0 bridgehead atoms. The number of carbonyl (C=O) groups excluding carboxylic acids is 1. The fraction of sp³-hybridized carbons (Fsp3) is 0.737.